The van der Waals surface area contributed by atoms with Crippen molar-refractivity contribution in [1.29, 1.82) is 0 Å². The van der Waals surface area contributed by atoms with E-state index in [2.05, 4.69) is 9.72 Å². The number of esters is 1. The Bertz CT molecular complexity index is 638. The number of benzene rings is 1. The van der Waals surface area contributed by atoms with Crippen LogP contribution >= 0.6 is 0 Å². The van der Waals surface area contributed by atoms with Crippen LogP contribution in [0.1, 0.15) is 27.3 Å². The van der Waals surface area contributed by atoms with Gasteiger partial charge in [-0.2, -0.15) is 0 Å². The molecule has 0 saturated carbocycles. The second-order valence-corrected chi connectivity index (χ2v) is 4.41. The second kappa shape index (κ2) is 5.69. The molecule has 1 heterocycles. The van der Waals surface area contributed by atoms with E-state index in [1.54, 1.807) is 25.1 Å². The van der Waals surface area contributed by atoms with Gasteiger partial charge in [0.05, 0.1) is 7.11 Å². The number of carbonyl (C=O) groups excluding carboxylic acids is 1. The van der Waals surface area contributed by atoms with Crippen LogP contribution in [-0.2, 0) is 11.2 Å². The number of methoxy groups -OCH3 is 1. The molecule has 0 aliphatic heterocycles. The molecule has 1 N–H and O–H groups in total. The Labute approximate surface area is 115 Å². The molecule has 104 valence electrons. The van der Waals surface area contributed by atoms with Crippen molar-refractivity contribution in [1.82, 2.24) is 4.98 Å². The summed E-state index contributed by atoms with van der Waals surface area (Å²) in [5.74, 6) is -1.21. The van der Waals surface area contributed by atoms with Gasteiger partial charge in [-0.15, -0.1) is 0 Å². The predicted octanol–water partition coefficient (Wildman–Crippen LogP) is 2.61. The topological polar surface area (TPSA) is 59.4 Å². The molecule has 5 heteroatoms. The Morgan fingerprint density at radius 2 is 2.00 bits per heavy atom. The fourth-order valence-electron chi connectivity index (χ4n) is 1.93. The largest absolute Gasteiger partial charge is 0.505 e. The molecule has 0 amide bonds. The zero-order valence-corrected chi connectivity index (χ0v) is 11.2. The summed E-state index contributed by atoms with van der Waals surface area (Å²) in [4.78, 5) is 15.5. The summed E-state index contributed by atoms with van der Waals surface area (Å²) in [5, 5.41) is 10.1. The molecular formula is C15H14FNO3. The normalized spacial score (nSPS) is 10.3. The number of ether oxygens (including phenoxy) is 1. The van der Waals surface area contributed by atoms with Crippen molar-refractivity contribution in [2.45, 2.75) is 13.3 Å². The number of nitrogens with zero attached hydrogens (tertiary/aromatic N) is 1. The van der Waals surface area contributed by atoms with Gasteiger partial charge in [-0.1, -0.05) is 12.1 Å². The Morgan fingerprint density at radius 1 is 1.35 bits per heavy atom. The van der Waals surface area contributed by atoms with Gasteiger partial charge < -0.3 is 9.84 Å². The van der Waals surface area contributed by atoms with E-state index in [0.29, 0.717) is 17.7 Å². The zero-order valence-electron chi connectivity index (χ0n) is 11.2. The minimum Gasteiger partial charge on any atom is -0.505 e. The van der Waals surface area contributed by atoms with E-state index in [0.717, 1.165) is 5.56 Å². The van der Waals surface area contributed by atoms with Crippen molar-refractivity contribution in [3.8, 4) is 5.75 Å². The number of hydrogen-bond donors (Lipinski definition) is 1. The SMILES string of the molecule is COC(=O)c1nc(C)cc(Cc2ccc(F)cc2)c1O. The maximum absolute atomic E-state index is 12.9. The van der Waals surface area contributed by atoms with Gasteiger partial charge in [0, 0.05) is 17.7 Å². The maximum Gasteiger partial charge on any atom is 0.360 e. The van der Waals surface area contributed by atoms with Gasteiger partial charge in [-0.3, -0.25) is 0 Å². The van der Waals surface area contributed by atoms with E-state index in [9.17, 15) is 14.3 Å². The zero-order chi connectivity index (χ0) is 14.7. The summed E-state index contributed by atoms with van der Waals surface area (Å²) >= 11 is 0. The summed E-state index contributed by atoms with van der Waals surface area (Å²) in [7, 11) is 1.23. The third kappa shape index (κ3) is 2.93. The summed E-state index contributed by atoms with van der Waals surface area (Å²) in [6, 6.07) is 7.64. The molecule has 0 atom stereocenters. The van der Waals surface area contributed by atoms with E-state index in [1.807, 2.05) is 0 Å². The number of pyridine rings is 1. The molecule has 0 spiro atoms. The highest BCUT2D eigenvalue weighted by Crippen LogP contribution is 2.25. The first-order chi connectivity index (χ1) is 9.51. The highest BCUT2D eigenvalue weighted by Gasteiger charge is 2.18. The van der Waals surface area contributed by atoms with Crippen molar-refractivity contribution in [2.24, 2.45) is 0 Å². The van der Waals surface area contributed by atoms with E-state index in [1.165, 1.54) is 19.2 Å². The number of aryl methyl sites for hydroxylation is 1. The Morgan fingerprint density at radius 3 is 2.60 bits per heavy atom. The average Bonchev–Trinajstić information content (AvgIpc) is 2.44. The Kier molecular flexibility index (Phi) is 3.98. The summed E-state index contributed by atoms with van der Waals surface area (Å²) in [6.07, 6.45) is 0.374. The minimum atomic E-state index is -0.688. The van der Waals surface area contributed by atoms with E-state index >= 15 is 0 Å². The van der Waals surface area contributed by atoms with Gasteiger partial charge in [0.15, 0.2) is 11.4 Å². The van der Waals surface area contributed by atoms with Crippen molar-refractivity contribution in [3.05, 3.63) is 58.7 Å². The smallest absolute Gasteiger partial charge is 0.360 e. The van der Waals surface area contributed by atoms with Crippen LogP contribution in [0.4, 0.5) is 4.39 Å². The lowest BCUT2D eigenvalue weighted by Gasteiger charge is -2.09. The number of aromatic hydroxyl groups is 1. The number of hydrogen-bond acceptors (Lipinski definition) is 4. The van der Waals surface area contributed by atoms with Gasteiger partial charge in [0.25, 0.3) is 0 Å². The standard InChI is InChI=1S/C15H14FNO3/c1-9-7-11(8-10-3-5-12(16)6-4-10)14(18)13(17-9)15(19)20-2/h3-7,18H,8H2,1-2H3. The maximum atomic E-state index is 12.9. The fourth-order valence-corrected chi connectivity index (χ4v) is 1.93. The van der Waals surface area contributed by atoms with Gasteiger partial charge in [0.2, 0.25) is 0 Å². The van der Waals surface area contributed by atoms with Crippen LogP contribution in [-0.4, -0.2) is 23.2 Å². The highest BCUT2D eigenvalue weighted by atomic mass is 19.1. The second-order valence-electron chi connectivity index (χ2n) is 4.41. The highest BCUT2D eigenvalue weighted by molar-refractivity contribution is 5.90. The van der Waals surface area contributed by atoms with Crippen molar-refractivity contribution in [2.75, 3.05) is 7.11 Å². The molecule has 4 nitrogen and oxygen atoms in total. The van der Waals surface area contributed by atoms with Gasteiger partial charge >= 0.3 is 5.97 Å². The number of rotatable bonds is 3. The van der Waals surface area contributed by atoms with Gasteiger partial charge in [0.1, 0.15) is 5.82 Å². The molecular weight excluding hydrogens is 261 g/mol. The lowest BCUT2D eigenvalue weighted by atomic mass is 10.0. The molecule has 0 aliphatic rings. The third-order valence-electron chi connectivity index (χ3n) is 2.89. The van der Waals surface area contributed by atoms with Crippen LogP contribution in [0, 0.1) is 12.7 Å². The van der Waals surface area contributed by atoms with Gasteiger partial charge in [-0.25, -0.2) is 14.2 Å². The number of aromatic nitrogens is 1. The summed E-state index contributed by atoms with van der Waals surface area (Å²) < 4.78 is 17.4. The van der Waals surface area contributed by atoms with Crippen LogP contribution in [0.15, 0.2) is 30.3 Å². The van der Waals surface area contributed by atoms with Crippen LogP contribution in [0.5, 0.6) is 5.75 Å². The van der Waals surface area contributed by atoms with E-state index in [-0.39, 0.29) is 17.3 Å². The molecule has 2 rings (SSSR count). The molecule has 0 bridgehead atoms. The molecule has 0 saturated heterocycles. The first kappa shape index (κ1) is 14.0. The molecule has 20 heavy (non-hydrogen) atoms. The lowest BCUT2D eigenvalue weighted by Crippen LogP contribution is -2.07. The Balaban J connectivity index is 2.39. The van der Waals surface area contributed by atoms with Crippen molar-refractivity contribution >= 4 is 5.97 Å². The Hall–Kier alpha value is -2.43. The van der Waals surface area contributed by atoms with Crippen LogP contribution in [0.3, 0.4) is 0 Å². The van der Waals surface area contributed by atoms with E-state index in [4.69, 9.17) is 0 Å². The minimum absolute atomic E-state index is 0.107. The monoisotopic (exact) mass is 275 g/mol. The lowest BCUT2D eigenvalue weighted by molar-refractivity contribution is 0.0590. The van der Waals surface area contributed by atoms with Crippen LogP contribution < -0.4 is 0 Å². The average molecular weight is 275 g/mol. The molecule has 2 aromatic rings. The first-order valence-electron chi connectivity index (χ1n) is 6.03. The number of halogens is 1. The molecule has 1 aromatic heterocycles. The van der Waals surface area contributed by atoms with Crippen LogP contribution in [0.2, 0.25) is 0 Å². The molecule has 0 radical (unpaired) electrons. The predicted molar refractivity (Wildman–Crippen MR) is 71.2 cm³/mol. The number of carbonyl (C=O) groups is 1. The molecule has 0 aliphatic carbocycles. The van der Waals surface area contributed by atoms with Crippen LogP contribution in [0.25, 0.3) is 0 Å². The van der Waals surface area contributed by atoms with Crippen molar-refractivity contribution < 1.29 is 19.0 Å². The fraction of sp³-hybridized carbons (Fsp3) is 0.200. The quantitative estimate of drug-likeness (QED) is 0.875. The van der Waals surface area contributed by atoms with Gasteiger partial charge in [-0.05, 0) is 30.7 Å². The third-order valence-corrected chi connectivity index (χ3v) is 2.89. The molecule has 1 aromatic carbocycles. The van der Waals surface area contributed by atoms with E-state index < -0.39 is 5.97 Å². The van der Waals surface area contributed by atoms with Crippen molar-refractivity contribution in [3.63, 3.8) is 0 Å². The molecule has 0 fully saturated rings. The first-order valence-corrected chi connectivity index (χ1v) is 6.03. The summed E-state index contributed by atoms with van der Waals surface area (Å²) in [6.45, 7) is 1.72. The molecule has 0 unspecified atom stereocenters. The summed E-state index contributed by atoms with van der Waals surface area (Å²) in [5.41, 5.74) is 1.86.